The van der Waals surface area contributed by atoms with Crippen molar-refractivity contribution in [1.29, 1.82) is 0 Å². The second kappa shape index (κ2) is 11.0. The van der Waals surface area contributed by atoms with Gasteiger partial charge in [0.1, 0.15) is 0 Å². The zero-order valence-electron chi connectivity index (χ0n) is 21.6. The largest absolute Gasteiger partial charge is 0.352 e. The molecule has 2 aromatic carbocycles. The first-order valence-corrected chi connectivity index (χ1v) is 13.4. The number of halogens is 1. The van der Waals surface area contributed by atoms with Gasteiger partial charge in [-0.05, 0) is 93.1 Å². The number of rotatable bonds is 7. The van der Waals surface area contributed by atoms with Crippen LogP contribution in [0.15, 0.2) is 79.0 Å². The molecule has 1 aliphatic rings. The number of carbonyl (C=O) groups is 1. The lowest BCUT2D eigenvalue weighted by Crippen LogP contribution is -2.32. The van der Waals surface area contributed by atoms with Crippen LogP contribution >= 0.6 is 23.8 Å². The van der Waals surface area contributed by atoms with E-state index in [0.29, 0.717) is 23.1 Å². The number of thiocarbonyl (C=S) groups is 1. The molecule has 4 aromatic rings. The molecule has 2 N–H and O–H groups in total. The van der Waals surface area contributed by atoms with Crippen LogP contribution in [0, 0.1) is 20.8 Å². The van der Waals surface area contributed by atoms with E-state index in [2.05, 4.69) is 45.0 Å². The van der Waals surface area contributed by atoms with Crippen LogP contribution in [0.5, 0.6) is 0 Å². The molecule has 0 aliphatic carbocycles. The lowest BCUT2D eigenvalue weighted by atomic mass is 9.96. The highest BCUT2D eigenvalue weighted by molar-refractivity contribution is 7.80. The van der Waals surface area contributed by atoms with Crippen LogP contribution in [0.3, 0.4) is 0 Å². The number of amides is 1. The van der Waals surface area contributed by atoms with E-state index in [9.17, 15) is 4.79 Å². The van der Waals surface area contributed by atoms with Crippen LogP contribution in [-0.4, -0.2) is 32.0 Å². The molecule has 2 atom stereocenters. The zero-order chi connectivity index (χ0) is 26.8. The standard InChI is InChI=1S/C30H30ClN5OS/c1-19-7-11-23(12-8-19)33-27(37)15-17-35-29(28(34-30(35)38)26-6-4-5-16-32-26)25-18-20(2)36(21(25)3)24-13-9-22(31)10-14-24/h4-14,16,18,28-29H,15,17H2,1-3H3,(H,33,37)(H,34,38). The van der Waals surface area contributed by atoms with Gasteiger partial charge >= 0.3 is 0 Å². The average molecular weight is 544 g/mol. The average Bonchev–Trinajstić information content (AvgIpc) is 3.39. The van der Waals surface area contributed by atoms with Crippen molar-refractivity contribution in [2.75, 3.05) is 11.9 Å². The van der Waals surface area contributed by atoms with Gasteiger partial charge in [-0.25, -0.2) is 0 Å². The normalized spacial score (nSPS) is 16.9. The number of anilines is 1. The summed E-state index contributed by atoms with van der Waals surface area (Å²) in [4.78, 5) is 19.6. The number of aryl methyl sites for hydroxylation is 2. The molecular formula is C30H30ClN5OS. The molecule has 0 saturated carbocycles. The predicted octanol–water partition coefficient (Wildman–Crippen LogP) is 6.45. The fourth-order valence-corrected chi connectivity index (χ4v) is 5.60. The number of carbonyl (C=O) groups excluding carboxylic acids is 1. The van der Waals surface area contributed by atoms with Gasteiger partial charge in [-0.3, -0.25) is 9.78 Å². The van der Waals surface area contributed by atoms with Gasteiger partial charge in [0.05, 0.1) is 17.8 Å². The van der Waals surface area contributed by atoms with Crippen molar-refractivity contribution < 1.29 is 4.79 Å². The molecule has 8 heteroatoms. The summed E-state index contributed by atoms with van der Waals surface area (Å²) in [5.41, 5.74) is 7.24. The van der Waals surface area contributed by atoms with E-state index < -0.39 is 0 Å². The third-order valence-corrected chi connectivity index (χ3v) is 7.59. The minimum Gasteiger partial charge on any atom is -0.352 e. The number of benzene rings is 2. The Kier molecular flexibility index (Phi) is 7.49. The van der Waals surface area contributed by atoms with Crippen LogP contribution in [0.4, 0.5) is 5.69 Å². The molecule has 2 unspecified atom stereocenters. The molecule has 0 radical (unpaired) electrons. The number of nitrogens with zero attached hydrogens (tertiary/aromatic N) is 3. The first-order chi connectivity index (χ1) is 18.3. The molecule has 0 bridgehead atoms. The van der Waals surface area contributed by atoms with Gasteiger partial charge in [0.15, 0.2) is 5.11 Å². The minimum atomic E-state index is -0.150. The Labute approximate surface area is 233 Å². The molecule has 1 saturated heterocycles. The van der Waals surface area contributed by atoms with Crippen LogP contribution in [0.1, 0.15) is 46.7 Å². The van der Waals surface area contributed by atoms with E-state index in [0.717, 1.165) is 39.6 Å². The Morgan fingerprint density at radius 2 is 1.79 bits per heavy atom. The molecule has 5 rings (SSSR count). The Balaban J connectivity index is 1.46. The smallest absolute Gasteiger partial charge is 0.226 e. The predicted molar refractivity (Wildman–Crippen MR) is 157 cm³/mol. The van der Waals surface area contributed by atoms with Gasteiger partial charge in [-0.1, -0.05) is 35.4 Å². The van der Waals surface area contributed by atoms with Gasteiger partial charge in [-0.2, -0.15) is 0 Å². The van der Waals surface area contributed by atoms with Gasteiger partial charge in [-0.15, -0.1) is 0 Å². The van der Waals surface area contributed by atoms with Crippen molar-refractivity contribution in [3.8, 4) is 5.69 Å². The molecule has 38 heavy (non-hydrogen) atoms. The molecule has 1 amide bonds. The molecular weight excluding hydrogens is 514 g/mol. The lowest BCUT2D eigenvalue weighted by Gasteiger charge is -2.28. The van der Waals surface area contributed by atoms with E-state index in [-0.39, 0.29) is 18.0 Å². The van der Waals surface area contributed by atoms with Crippen LogP contribution in [0.25, 0.3) is 5.69 Å². The summed E-state index contributed by atoms with van der Waals surface area (Å²) < 4.78 is 2.23. The summed E-state index contributed by atoms with van der Waals surface area (Å²) in [5, 5.41) is 7.80. The van der Waals surface area contributed by atoms with Crippen LogP contribution in [-0.2, 0) is 4.79 Å². The SMILES string of the molecule is Cc1ccc(NC(=O)CCN2C(=S)NC(c3ccccn3)C2c2cc(C)n(-c3ccc(Cl)cc3)c2C)cc1. The summed E-state index contributed by atoms with van der Waals surface area (Å²) >= 11 is 12.0. The number of nitrogens with one attached hydrogen (secondary N) is 2. The fraction of sp³-hybridized carbons (Fsp3) is 0.233. The molecule has 194 valence electrons. The van der Waals surface area contributed by atoms with Crippen molar-refractivity contribution in [3.05, 3.63) is 112 Å². The Bertz CT molecular complexity index is 1450. The third kappa shape index (κ3) is 5.30. The lowest BCUT2D eigenvalue weighted by molar-refractivity contribution is -0.116. The van der Waals surface area contributed by atoms with Crippen molar-refractivity contribution in [3.63, 3.8) is 0 Å². The van der Waals surface area contributed by atoms with Crippen LogP contribution in [0.2, 0.25) is 5.02 Å². The number of hydrogen-bond donors (Lipinski definition) is 2. The van der Waals surface area contributed by atoms with E-state index in [1.54, 1.807) is 6.20 Å². The summed E-state index contributed by atoms with van der Waals surface area (Å²) in [6.07, 6.45) is 2.10. The summed E-state index contributed by atoms with van der Waals surface area (Å²) in [6.45, 7) is 6.72. The Morgan fingerprint density at radius 3 is 2.47 bits per heavy atom. The maximum atomic E-state index is 12.9. The quantitative estimate of drug-likeness (QED) is 0.262. The van der Waals surface area contributed by atoms with Gasteiger partial charge in [0, 0.05) is 46.9 Å². The highest BCUT2D eigenvalue weighted by Gasteiger charge is 2.41. The second-order valence-electron chi connectivity index (χ2n) is 9.62. The van der Waals surface area contributed by atoms with Crippen LogP contribution < -0.4 is 10.6 Å². The van der Waals surface area contributed by atoms with Gasteiger partial charge in [0.2, 0.25) is 5.91 Å². The maximum absolute atomic E-state index is 12.9. The molecule has 3 heterocycles. The maximum Gasteiger partial charge on any atom is 0.226 e. The third-order valence-electron chi connectivity index (χ3n) is 6.99. The Hall–Kier alpha value is -3.68. The molecule has 1 aliphatic heterocycles. The topological polar surface area (TPSA) is 62.2 Å². The fourth-order valence-electron chi connectivity index (χ4n) is 5.14. The first kappa shape index (κ1) is 25.9. The van der Waals surface area contributed by atoms with Crippen molar-refractivity contribution in [2.45, 2.75) is 39.3 Å². The van der Waals surface area contributed by atoms with Gasteiger partial charge in [0.25, 0.3) is 0 Å². The molecule has 1 fully saturated rings. The number of pyridine rings is 1. The highest BCUT2D eigenvalue weighted by atomic mass is 35.5. The van der Waals surface area contributed by atoms with E-state index in [1.165, 1.54) is 0 Å². The molecule has 2 aromatic heterocycles. The number of aromatic nitrogens is 2. The molecule has 0 spiro atoms. The monoisotopic (exact) mass is 543 g/mol. The minimum absolute atomic E-state index is 0.0525. The van der Waals surface area contributed by atoms with E-state index >= 15 is 0 Å². The summed E-state index contributed by atoms with van der Waals surface area (Å²) in [6, 6.07) is 23.5. The zero-order valence-corrected chi connectivity index (χ0v) is 23.2. The highest BCUT2D eigenvalue weighted by Crippen LogP contribution is 2.41. The summed E-state index contributed by atoms with van der Waals surface area (Å²) in [5.74, 6) is -0.0525. The second-order valence-corrected chi connectivity index (χ2v) is 10.4. The van der Waals surface area contributed by atoms with E-state index in [1.807, 2.05) is 73.7 Å². The van der Waals surface area contributed by atoms with Gasteiger partial charge < -0.3 is 20.1 Å². The van der Waals surface area contributed by atoms with Crippen molar-refractivity contribution in [1.82, 2.24) is 19.8 Å². The number of hydrogen-bond acceptors (Lipinski definition) is 3. The van der Waals surface area contributed by atoms with E-state index in [4.69, 9.17) is 23.8 Å². The Morgan fingerprint density at radius 1 is 1.05 bits per heavy atom. The molecule has 6 nitrogen and oxygen atoms in total. The van der Waals surface area contributed by atoms with Crippen molar-refractivity contribution in [2.24, 2.45) is 0 Å². The summed E-state index contributed by atoms with van der Waals surface area (Å²) in [7, 11) is 0. The first-order valence-electron chi connectivity index (χ1n) is 12.6. The van der Waals surface area contributed by atoms with Crippen molar-refractivity contribution >= 4 is 40.5 Å².